The lowest BCUT2D eigenvalue weighted by molar-refractivity contribution is -0.116. The van der Waals surface area contributed by atoms with Crippen LogP contribution in [0.4, 0.5) is 5.69 Å². The molecule has 2 heterocycles. The zero-order valence-electron chi connectivity index (χ0n) is 18.5. The molecule has 1 aromatic heterocycles. The SMILES string of the molecule is COCCOc1ncccc1NC(=O)CCc1ccc(S(=O)(=O)N2CCCCCC2)cc1. The number of amides is 1. The fourth-order valence-electron chi connectivity index (χ4n) is 3.55. The number of nitrogens with zero attached hydrogens (tertiary/aromatic N) is 2. The predicted octanol–water partition coefficient (Wildman–Crippen LogP) is 3.24. The Balaban J connectivity index is 1.55. The largest absolute Gasteiger partial charge is 0.474 e. The van der Waals surface area contributed by atoms with Crippen molar-refractivity contribution < 1.29 is 22.7 Å². The molecule has 1 amide bonds. The number of nitrogens with one attached hydrogen (secondary N) is 1. The summed E-state index contributed by atoms with van der Waals surface area (Å²) < 4.78 is 37.8. The Bertz CT molecular complexity index is 971. The van der Waals surface area contributed by atoms with Crippen molar-refractivity contribution in [1.82, 2.24) is 9.29 Å². The van der Waals surface area contributed by atoms with Crippen LogP contribution in [0.25, 0.3) is 0 Å². The molecule has 9 heteroatoms. The van der Waals surface area contributed by atoms with Gasteiger partial charge in [-0.3, -0.25) is 4.79 Å². The zero-order chi connectivity index (χ0) is 22.8. The van der Waals surface area contributed by atoms with E-state index in [0.29, 0.717) is 49.2 Å². The van der Waals surface area contributed by atoms with Crippen molar-refractivity contribution in [1.29, 1.82) is 0 Å². The van der Waals surface area contributed by atoms with E-state index in [4.69, 9.17) is 9.47 Å². The number of hydrogen-bond acceptors (Lipinski definition) is 6. The maximum absolute atomic E-state index is 12.9. The van der Waals surface area contributed by atoms with Gasteiger partial charge in [0.25, 0.3) is 0 Å². The molecule has 0 radical (unpaired) electrons. The van der Waals surface area contributed by atoms with E-state index >= 15 is 0 Å². The normalized spacial score (nSPS) is 15.2. The highest BCUT2D eigenvalue weighted by atomic mass is 32.2. The number of benzene rings is 1. The average Bonchev–Trinajstić information content (AvgIpc) is 3.10. The molecule has 1 fully saturated rings. The molecule has 1 aliphatic heterocycles. The zero-order valence-corrected chi connectivity index (χ0v) is 19.3. The van der Waals surface area contributed by atoms with Crippen molar-refractivity contribution in [2.45, 2.75) is 43.4 Å². The molecule has 0 spiro atoms. The molecule has 0 bridgehead atoms. The molecule has 3 rings (SSSR count). The molecule has 1 aromatic carbocycles. The van der Waals surface area contributed by atoms with Gasteiger partial charge in [0.2, 0.25) is 21.8 Å². The Labute approximate surface area is 190 Å². The molecule has 1 N–H and O–H groups in total. The monoisotopic (exact) mass is 461 g/mol. The molecule has 0 atom stereocenters. The average molecular weight is 462 g/mol. The Kier molecular flexibility index (Phi) is 9.01. The van der Waals surface area contributed by atoms with Crippen LogP contribution in [-0.4, -0.2) is 57.0 Å². The van der Waals surface area contributed by atoms with Gasteiger partial charge in [-0.2, -0.15) is 4.31 Å². The molecular formula is C23H31N3O5S. The van der Waals surface area contributed by atoms with Gasteiger partial charge in [-0.25, -0.2) is 13.4 Å². The minimum absolute atomic E-state index is 0.171. The summed E-state index contributed by atoms with van der Waals surface area (Å²) in [6.07, 6.45) is 6.31. The van der Waals surface area contributed by atoms with E-state index in [1.807, 2.05) is 0 Å². The van der Waals surface area contributed by atoms with E-state index in [1.165, 1.54) is 0 Å². The highest BCUT2D eigenvalue weighted by Gasteiger charge is 2.24. The molecule has 1 aliphatic rings. The van der Waals surface area contributed by atoms with E-state index in [2.05, 4.69) is 10.3 Å². The molecule has 0 saturated carbocycles. The first kappa shape index (κ1) is 24.2. The topological polar surface area (TPSA) is 97.8 Å². The number of sulfonamides is 1. The first-order valence-electron chi connectivity index (χ1n) is 11.0. The molecule has 32 heavy (non-hydrogen) atoms. The molecule has 2 aromatic rings. The highest BCUT2D eigenvalue weighted by Crippen LogP contribution is 2.22. The number of carbonyl (C=O) groups excluding carboxylic acids is 1. The van der Waals surface area contributed by atoms with Crippen LogP contribution in [0.1, 0.15) is 37.7 Å². The number of methoxy groups -OCH3 is 1. The van der Waals surface area contributed by atoms with Gasteiger partial charge < -0.3 is 14.8 Å². The van der Waals surface area contributed by atoms with Gasteiger partial charge in [-0.15, -0.1) is 0 Å². The number of aryl methyl sites for hydroxylation is 1. The Hall–Kier alpha value is -2.49. The predicted molar refractivity (Wildman–Crippen MR) is 122 cm³/mol. The van der Waals surface area contributed by atoms with Gasteiger partial charge >= 0.3 is 0 Å². The quantitative estimate of drug-likeness (QED) is 0.546. The second kappa shape index (κ2) is 11.9. The van der Waals surface area contributed by atoms with Gasteiger partial charge in [-0.1, -0.05) is 25.0 Å². The van der Waals surface area contributed by atoms with Gasteiger partial charge in [0.15, 0.2) is 0 Å². The number of carbonyl (C=O) groups is 1. The van der Waals surface area contributed by atoms with Crippen LogP contribution >= 0.6 is 0 Å². The van der Waals surface area contributed by atoms with E-state index in [1.54, 1.807) is 54.0 Å². The van der Waals surface area contributed by atoms with Gasteiger partial charge in [-0.05, 0) is 49.1 Å². The standard InChI is InChI=1S/C23H31N3O5S/c1-30-17-18-31-23-21(7-6-14-24-23)25-22(27)13-10-19-8-11-20(12-9-19)32(28,29)26-15-4-2-3-5-16-26/h6-9,11-12,14H,2-5,10,13,15-18H2,1H3,(H,25,27). The first-order valence-corrected chi connectivity index (χ1v) is 12.4. The summed E-state index contributed by atoms with van der Waals surface area (Å²) in [5, 5.41) is 2.82. The van der Waals surface area contributed by atoms with Crippen molar-refractivity contribution in [2.24, 2.45) is 0 Å². The number of rotatable bonds is 10. The van der Waals surface area contributed by atoms with Crippen molar-refractivity contribution >= 4 is 21.6 Å². The van der Waals surface area contributed by atoms with Crippen LogP contribution in [0.3, 0.4) is 0 Å². The molecule has 8 nitrogen and oxygen atoms in total. The van der Waals surface area contributed by atoms with Crippen molar-refractivity contribution in [3.8, 4) is 5.88 Å². The summed E-state index contributed by atoms with van der Waals surface area (Å²) in [5.41, 5.74) is 1.41. The minimum atomic E-state index is -3.46. The van der Waals surface area contributed by atoms with Crippen molar-refractivity contribution in [2.75, 3.05) is 38.7 Å². The maximum Gasteiger partial charge on any atom is 0.243 e. The fraction of sp³-hybridized carbons (Fsp3) is 0.478. The fourth-order valence-corrected chi connectivity index (χ4v) is 5.07. The first-order chi connectivity index (χ1) is 15.5. The van der Waals surface area contributed by atoms with Crippen LogP contribution in [0, 0.1) is 0 Å². The summed E-state index contributed by atoms with van der Waals surface area (Å²) in [4.78, 5) is 16.9. The molecule has 1 saturated heterocycles. The van der Waals surface area contributed by atoms with Crippen LogP contribution in [0.2, 0.25) is 0 Å². The van der Waals surface area contributed by atoms with Gasteiger partial charge in [0.1, 0.15) is 12.3 Å². The maximum atomic E-state index is 12.9. The highest BCUT2D eigenvalue weighted by molar-refractivity contribution is 7.89. The van der Waals surface area contributed by atoms with E-state index < -0.39 is 10.0 Å². The number of hydrogen-bond donors (Lipinski definition) is 1. The molecule has 174 valence electrons. The summed E-state index contributed by atoms with van der Waals surface area (Å²) in [5.74, 6) is 0.178. The smallest absolute Gasteiger partial charge is 0.243 e. The summed E-state index contributed by atoms with van der Waals surface area (Å²) in [7, 11) is -1.88. The minimum Gasteiger partial charge on any atom is -0.474 e. The number of pyridine rings is 1. The number of anilines is 1. The Morgan fingerprint density at radius 3 is 2.47 bits per heavy atom. The van der Waals surface area contributed by atoms with Crippen LogP contribution in [-0.2, 0) is 26.0 Å². The number of ether oxygens (including phenoxy) is 2. The van der Waals surface area contributed by atoms with E-state index in [0.717, 1.165) is 31.2 Å². The third-order valence-corrected chi connectivity index (χ3v) is 7.25. The van der Waals surface area contributed by atoms with Crippen molar-refractivity contribution in [3.63, 3.8) is 0 Å². The van der Waals surface area contributed by atoms with E-state index in [-0.39, 0.29) is 12.3 Å². The lowest BCUT2D eigenvalue weighted by Gasteiger charge is -2.20. The van der Waals surface area contributed by atoms with Gasteiger partial charge in [0, 0.05) is 32.8 Å². The van der Waals surface area contributed by atoms with Crippen LogP contribution < -0.4 is 10.1 Å². The Morgan fingerprint density at radius 2 is 1.78 bits per heavy atom. The molecule has 0 unspecified atom stereocenters. The molecular weight excluding hydrogens is 430 g/mol. The van der Waals surface area contributed by atoms with E-state index in [9.17, 15) is 13.2 Å². The van der Waals surface area contributed by atoms with Gasteiger partial charge in [0.05, 0.1) is 11.5 Å². The van der Waals surface area contributed by atoms with Crippen LogP contribution in [0.15, 0.2) is 47.5 Å². The lowest BCUT2D eigenvalue weighted by atomic mass is 10.1. The third kappa shape index (κ3) is 6.75. The molecule has 0 aliphatic carbocycles. The van der Waals surface area contributed by atoms with Crippen LogP contribution in [0.5, 0.6) is 5.88 Å². The number of aromatic nitrogens is 1. The second-order valence-corrected chi connectivity index (χ2v) is 9.65. The summed E-state index contributed by atoms with van der Waals surface area (Å²) in [6.45, 7) is 1.92. The second-order valence-electron chi connectivity index (χ2n) is 7.71. The Morgan fingerprint density at radius 1 is 1.06 bits per heavy atom. The lowest BCUT2D eigenvalue weighted by Crippen LogP contribution is -2.31. The summed E-state index contributed by atoms with van der Waals surface area (Å²) >= 11 is 0. The van der Waals surface area contributed by atoms with Crippen molar-refractivity contribution in [3.05, 3.63) is 48.2 Å². The third-order valence-electron chi connectivity index (χ3n) is 5.34. The summed E-state index contributed by atoms with van der Waals surface area (Å²) in [6, 6.07) is 10.3.